The number of rotatable bonds is 9. The van der Waals surface area contributed by atoms with Gasteiger partial charge in [-0.05, 0) is 45.6 Å². The van der Waals surface area contributed by atoms with Crippen molar-refractivity contribution in [2.45, 2.75) is 75.6 Å². The van der Waals surface area contributed by atoms with Crippen molar-refractivity contribution in [1.29, 1.82) is 0 Å². The maximum Gasteiger partial charge on any atom is 0.262 e. The van der Waals surface area contributed by atoms with E-state index in [1.807, 2.05) is 41.0 Å². The van der Waals surface area contributed by atoms with Crippen molar-refractivity contribution in [3.8, 4) is 0 Å². The lowest BCUT2D eigenvalue weighted by Gasteiger charge is -2.44. The second-order valence-corrected chi connectivity index (χ2v) is 19.6. The molecule has 54 heavy (non-hydrogen) atoms. The number of carbonyl (C=O) groups is 1. The summed E-state index contributed by atoms with van der Waals surface area (Å²) >= 11 is 0. The number of H-pyrrole nitrogens is 1. The first-order valence-corrected chi connectivity index (χ1v) is 20.0. The van der Waals surface area contributed by atoms with E-state index < -0.39 is 67.9 Å². The Morgan fingerprint density at radius 1 is 0.963 bits per heavy atom. The van der Waals surface area contributed by atoms with Gasteiger partial charge in [-0.2, -0.15) is 0 Å². The van der Waals surface area contributed by atoms with Crippen LogP contribution in [0.4, 0.5) is 23.4 Å². The number of imidazole rings is 1. The summed E-state index contributed by atoms with van der Waals surface area (Å²) in [5.41, 5.74) is 0.293. The van der Waals surface area contributed by atoms with Gasteiger partial charge in [0.2, 0.25) is 11.5 Å². The molecule has 3 unspecified atom stereocenters. The molecule has 0 saturated carbocycles. The number of anilines is 1. The Labute approximate surface area is 312 Å². The number of hydrogen-bond acceptors (Lipinski definition) is 5. The molecule has 2 aliphatic heterocycles. The summed E-state index contributed by atoms with van der Waals surface area (Å²) in [7, 11) is -3.12. The molecule has 282 valence electrons. The molecule has 7 rings (SSSR count). The molecular weight excluding hydrogens is 715 g/mol. The van der Waals surface area contributed by atoms with Crippen LogP contribution < -0.4 is 21.2 Å². The third kappa shape index (κ3) is 7.07. The minimum atomic E-state index is -3.12. The van der Waals surface area contributed by atoms with Crippen LogP contribution in [0, 0.1) is 11.6 Å². The first kappa shape index (κ1) is 37.5. The lowest BCUT2D eigenvalue weighted by atomic mass is 9.87. The zero-order valence-electron chi connectivity index (χ0n) is 30.5. The van der Waals surface area contributed by atoms with Gasteiger partial charge in [0.15, 0.2) is 5.82 Å². The number of hydrogen-bond donors (Lipinski definition) is 2. The molecule has 2 N–H and O–H groups in total. The van der Waals surface area contributed by atoms with Gasteiger partial charge in [-0.3, -0.25) is 14.5 Å². The summed E-state index contributed by atoms with van der Waals surface area (Å²) in [6.45, 7) is 8.01. The minimum Gasteiger partial charge on any atom is -0.397 e. The SMILES string of the molecule is C[C@@H](C(=O)Nc1cn2c(n1)C(O[Si](c1ccccc1)(c1ccccc1)C(C)(C)C)CC2c1cc(F)cc(F)c1)N1CCC(F)(F)C(c2ccc(=O)[nH]c2)C1. The van der Waals surface area contributed by atoms with E-state index in [0.29, 0.717) is 17.8 Å². The van der Waals surface area contributed by atoms with E-state index in [0.717, 1.165) is 16.4 Å². The average molecular weight is 758 g/mol. The average Bonchev–Trinajstić information content (AvgIpc) is 3.69. The van der Waals surface area contributed by atoms with Crippen molar-refractivity contribution in [3.63, 3.8) is 0 Å². The number of aromatic nitrogens is 3. The lowest BCUT2D eigenvalue weighted by Crippen LogP contribution is -2.66. The van der Waals surface area contributed by atoms with Crippen molar-refractivity contribution in [1.82, 2.24) is 19.4 Å². The van der Waals surface area contributed by atoms with Gasteiger partial charge in [-0.1, -0.05) is 87.5 Å². The van der Waals surface area contributed by atoms with Crippen molar-refractivity contribution >= 4 is 30.4 Å². The number of amides is 1. The molecule has 1 amide bonds. The number of fused-ring (bicyclic) bond motifs is 1. The van der Waals surface area contributed by atoms with Crippen molar-refractivity contribution in [2.75, 3.05) is 18.4 Å². The maximum absolute atomic E-state index is 15.1. The predicted octanol–water partition coefficient (Wildman–Crippen LogP) is 6.91. The molecule has 13 heteroatoms. The van der Waals surface area contributed by atoms with Crippen LogP contribution in [0.5, 0.6) is 0 Å². The number of aromatic amines is 1. The number of pyridine rings is 1. The topological polar surface area (TPSA) is 92.2 Å². The lowest BCUT2D eigenvalue weighted by molar-refractivity contribution is -0.125. The van der Waals surface area contributed by atoms with E-state index in [1.165, 1.54) is 30.5 Å². The van der Waals surface area contributed by atoms with Gasteiger partial charge in [0, 0.05) is 50.5 Å². The normalized spacial score (nSPS) is 20.7. The van der Waals surface area contributed by atoms with Crippen LogP contribution in [0.3, 0.4) is 0 Å². The number of alkyl halides is 2. The molecule has 4 atom stereocenters. The van der Waals surface area contributed by atoms with E-state index in [4.69, 9.17) is 9.41 Å². The number of piperidine rings is 1. The van der Waals surface area contributed by atoms with Gasteiger partial charge in [-0.15, -0.1) is 0 Å². The fourth-order valence-corrected chi connectivity index (χ4v) is 12.8. The molecular formula is C41H43F4N5O3Si. The number of nitrogens with one attached hydrogen (secondary N) is 2. The predicted molar refractivity (Wildman–Crippen MR) is 202 cm³/mol. The first-order valence-electron chi connectivity index (χ1n) is 18.1. The Bertz CT molecular complexity index is 2110. The highest BCUT2D eigenvalue weighted by molar-refractivity contribution is 6.99. The summed E-state index contributed by atoms with van der Waals surface area (Å²) in [5, 5.41) is 4.61. The molecule has 0 radical (unpaired) electrons. The van der Waals surface area contributed by atoms with E-state index in [9.17, 15) is 18.4 Å². The maximum atomic E-state index is 15.1. The molecule has 2 aromatic heterocycles. The summed E-state index contributed by atoms with van der Waals surface area (Å²) < 4.78 is 68.8. The van der Waals surface area contributed by atoms with Crippen LogP contribution >= 0.6 is 0 Å². The summed E-state index contributed by atoms with van der Waals surface area (Å²) in [6.07, 6.45) is 2.20. The van der Waals surface area contributed by atoms with Crippen LogP contribution in [-0.4, -0.2) is 58.7 Å². The molecule has 0 bridgehead atoms. The van der Waals surface area contributed by atoms with Gasteiger partial charge in [0.05, 0.1) is 18.0 Å². The van der Waals surface area contributed by atoms with Crippen LogP contribution in [0.2, 0.25) is 5.04 Å². The molecule has 1 saturated heterocycles. The Balaban J connectivity index is 1.22. The van der Waals surface area contributed by atoms with Gasteiger partial charge >= 0.3 is 0 Å². The molecule has 3 aromatic carbocycles. The summed E-state index contributed by atoms with van der Waals surface area (Å²) in [6, 6.07) is 24.9. The number of benzene rings is 3. The van der Waals surface area contributed by atoms with Crippen LogP contribution in [0.1, 0.15) is 75.6 Å². The highest BCUT2D eigenvalue weighted by atomic mass is 28.4. The minimum absolute atomic E-state index is 0.0112. The van der Waals surface area contributed by atoms with E-state index in [1.54, 1.807) is 18.0 Å². The highest BCUT2D eigenvalue weighted by Crippen LogP contribution is 2.47. The quantitative estimate of drug-likeness (QED) is 0.126. The summed E-state index contributed by atoms with van der Waals surface area (Å²) in [4.78, 5) is 34.4. The fraction of sp³-hybridized carbons (Fsp3) is 0.341. The van der Waals surface area contributed by atoms with Gasteiger partial charge in [-0.25, -0.2) is 22.5 Å². The van der Waals surface area contributed by atoms with Gasteiger partial charge in [0.25, 0.3) is 14.2 Å². The molecule has 5 aromatic rings. The van der Waals surface area contributed by atoms with Crippen molar-refractivity contribution in [2.24, 2.45) is 0 Å². The van der Waals surface area contributed by atoms with E-state index >= 15 is 8.78 Å². The Morgan fingerprint density at radius 2 is 1.59 bits per heavy atom. The monoisotopic (exact) mass is 757 g/mol. The zero-order valence-corrected chi connectivity index (χ0v) is 31.5. The molecule has 1 fully saturated rings. The zero-order chi connectivity index (χ0) is 38.4. The molecule has 2 aliphatic rings. The van der Waals surface area contributed by atoms with Crippen LogP contribution in [-0.2, 0) is 9.22 Å². The van der Waals surface area contributed by atoms with Crippen molar-refractivity contribution < 1.29 is 26.8 Å². The van der Waals surface area contributed by atoms with Gasteiger partial charge < -0.3 is 19.3 Å². The van der Waals surface area contributed by atoms with E-state index in [2.05, 4.69) is 55.3 Å². The third-order valence-corrected chi connectivity index (χ3v) is 15.9. The standard InChI is InChI=1S/C41H43F4N5O3Si/c1-26(49-18-17-41(44,45)33(24-49)27-15-16-37(51)46-23-27)39(52)48-36-25-50-34(28-19-29(42)21-30(43)20-28)22-35(38(50)47-36)53-54(40(2,3)4,31-11-7-5-8-12-31)32-13-9-6-10-14-32/h5-16,19-21,23,25-26,33-35H,17-18,22,24H2,1-4H3,(H,46,51)(H,48,52)/t26-,33?,34?,35?/m0/s1. The smallest absolute Gasteiger partial charge is 0.262 e. The van der Waals surface area contributed by atoms with Gasteiger partial charge in [0.1, 0.15) is 23.6 Å². The number of halogens is 4. The largest absolute Gasteiger partial charge is 0.397 e. The Kier molecular flexibility index (Phi) is 10.0. The molecule has 4 heterocycles. The van der Waals surface area contributed by atoms with Crippen LogP contribution in [0.15, 0.2) is 108 Å². The Hall–Kier alpha value is -4.85. The fourth-order valence-electron chi connectivity index (χ4n) is 8.11. The highest BCUT2D eigenvalue weighted by Gasteiger charge is 2.53. The van der Waals surface area contributed by atoms with E-state index in [-0.39, 0.29) is 29.5 Å². The number of carbonyl (C=O) groups excluding carboxylic acids is 1. The Morgan fingerprint density at radius 3 is 2.17 bits per heavy atom. The second-order valence-electron chi connectivity index (χ2n) is 15.3. The second kappa shape index (κ2) is 14.4. The number of nitrogens with zero attached hydrogens (tertiary/aromatic N) is 3. The third-order valence-electron chi connectivity index (χ3n) is 10.9. The number of likely N-dealkylation sites (tertiary alicyclic amines) is 1. The molecule has 8 nitrogen and oxygen atoms in total. The molecule has 0 aliphatic carbocycles. The van der Waals surface area contributed by atoms with Crippen molar-refractivity contribution in [3.05, 3.63) is 142 Å². The summed E-state index contributed by atoms with van der Waals surface area (Å²) in [5.74, 6) is -5.41. The van der Waals surface area contributed by atoms with Crippen LogP contribution in [0.25, 0.3) is 0 Å². The molecule has 0 spiro atoms. The first-order chi connectivity index (χ1) is 25.7.